The van der Waals surface area contributed by atoms with Crippen molar-refractivity contribution < 1.29 is 9.21 Å². The maximum absolute atomic E-state index is 12.6. The number of ketones is 1. The van der Waals surface area contributed by atoms with Crippen LogP contribution in [0.2, 0.25) is 10.0 Å². The molecule has 0 saturated carbocycles. The molecule has 0 amide bonds. The van der Waals surface area contributed by atoms with Gasteiger partial charge in [-0.1, -0.05) is 61.3 Å². The van der Waals surface area contributed by atoms with E-state index in [1.807, 2.05) is 45.0 Å². The van der Waals surface area contributed by atoms with Crippen molar-refractivity contribution in [1.82, 2.24) is 4.98 Å². The number of nitrogens with zero attached hydrogens (tertiary/aromatic N) is 1. The summed E-state index contributed by atoms with van der Waals surface area (Å²) in [7, 11) is 0. The zero-order valence-electron chi connectivity index (χ0n) is 15.6. The molecule has 0 radical (unpaired) electrons. The lowest BCUT2D eigenvalue weighted by Crippen LogP contribution is -2.05. The van der Waals surface area contributed by atoms with E-state index in [1.54, 1.807) is 18.2 Å². The van der Waals surface area contributed by atoms with E-state index in [0.717, 1.165) is 22.6 Å². The monoisotopic (exact) mass is 401 g/mol. The number of hydrogen-bond acceptors (Lipinski definition) is 3. The van der Waals surface area contributed by atoms with Gasteiger partial charge in [-0.15, -0.1) is 0 Å². The van der Waals surface area contributed by atoms with Crippen molar-refractivity contribution in [2.45, 2.75) is 39.5 Å². The predicted molar refractivity (Wildman–Crippen MR) is 110 cm³/mol. The summed E-state index contributed by atoms with van der Waals surface area (Å²) in [5.74, 6) is 1.50. The van der Waals surface area contributed by atoms with Crippen LogP contribution in [-0.4, -0.2) is 10.8 Å². The van der Waals surface area contributed by atoms with Gasteiger partial charge in [0.2, 0.25) is 5.89 Å². The molecule has 0 aliphatic rings. The molecule has 140 valence electrons. The summed E-state index contributed by atoms with van der Waals surface area (Å²) in [4.78, 5) is 17.2. The van der Waals surface area contributed by atoms with E-state index in [4.69, 9.17) is 27.6 Å². The molecule has 0 spiro atoms. The highest BCUT2D eigenvalue weighted by atomic mass is 35.5. The summed E-state index contributed by atoms with van der Waals surface area (Å²) in [5, 5.41) is 1.05. The van der Waals surface area contributed by atoms with E-state index in [-0.39, 0.29) is 11.7 Å². The number of aromatic nitrogens is 1. The first-order valence-corrected chi connectivity index (χ1v) is 9.66. The third kappa shape index (κ3) is 4.42. The first kappa shape index (κ1) is 19.7. The lowest BCUT2D eigenvalue weighted by Gasteiger charge is -2.05. The van der Waals surface area contributed by atoms with E-state index in [9.17, 15) is 4.79 Å². The number of aryl methyl sites for hydroxylation is 2. The zero-order valence-corrected chi connectivity index (χ0v) is 17.1. The van der Waals surface area contributed by atoms with Crippen LogP contribution < -0.4 is 0 Å². The summed E-state index contributed by atoms with van der Waals surface area (Å²) in [5.41, 5.74) is 3.24. The largest absolute Gasteiger partial charge is 0.441 e. The Morgan fingerprint density at radius 1 is 1.15 bits per heavy atom. The van der Waals surface area contributed by atoms with Crippen molar-refractivity contribution in [3.05, 3.63) is 75.1 Å². The van der Waals surface area contributed by atoms with Gasteiger partial charge in [0.25, 0.3) is 0 Å². The van der Waals surface area contributed by atoms with Gasteiger partial charge >= 0.3 is 0 Å². The van der Waals surface area contributed by atoms with E-state index in [2.05, 4.69) is 4.98 Å². The molecule has 0 unspecified atom stereocenters. The first-order chi connectivity index (χ1) is 12.9. The minimum atomic E-state index is 0.108. The molecule has 0 bridgehead atoms. The fourth-order valence-electron chi connectivity index (χ4n) is 3.02. The number of oxazole rings is 1. The van der Waals surface area contributed by atoms with Crippen molar-refractivity contribution in [2.75, 3.05) is 0 Å². The maximum Gasteiger partial charge on any atom is 0.228 e. The van der Waals surface area contributed by atoms with E-state index < -0.39 is 0 Å². The lowest BCUT2D eigenvalue weighted by atomic mass is 9.99. The van der Waals surface area contributed by atoms with Crippen LogP contribution in [0.4, 0.5) is 0 Å². The summed E-state index contributed by atoms with van der Waals surface area (Å²) in [6, 6.07) is 12.8. The highest BCUT2D eigenvalue weighted by molar-refractivity contribution is 6.36. The molecular weight excluding hydrogens is 381 g/mol. The van der Waals surface area contributed by atoms with Gasteiger partial charge in [0.15, 0.2) is 5.78 Å². The molecule has 3 aromatic rings. The molecule has 5 heteroatoms. The minimum absolute atomic E-state index is 0.108. The third-order valence-corrected chi connectivity index (χ3v) is 5.00. The fraction of sp³-hybridized carbons (Fsp3) is 0.273. The Bertz CT molecular complexity index is 976. The van der Waals surface area contributed by atoms with Crippen molar-refractivity contribution >= 4 is 29.0 Å². The number of carbonyl (C=O) groups is 1. The van der Waals surface area contributed by atoms with Crippen LogP contribution in [0.1, 0.15) is 53.6 Å². The number of carbonyl (C=O) groups excluding carboxylic acids is 1. The molecule has 0 saturated heterocycles. The van der Waals surface area contributed by atoms with Crippen LogP contribution in [0.5, 0.6) is 0 Å². The van der Waals surface area contributed by atoms with Crippen LogP contribution in [0.3, 0.4) is 0 Å². The van der Waals surface area contributed by atoms with Crippen LogP contribution in [-0.2, 0) is 6.42 Å². The number of rotatable bonds is 6. The molecule has 0 N–H and O–H groups in total. The quantitative estimate of drug-likeness (QED) is 0.422. The number of halogens is 2. The van der Waals surface area contributed by atoms with Crippen molar-refractivity contribution in [3.63, 3.8) is 0 Å². The molecule has 27 heavy (non-hydrogen) atoms. The Kier molecular flexibility index (Phi) is 6.03. The van der Waals surface area contributed by atoms with Gasteiger partial charge in [-0.25, -0.2) is 4.98 Å². The Morgan fingerprint density at radius 3 is 2.56 bits per heavy atom. The molecule has 1 heterocycles. The van der Waals surface area contributed by atoms with Gasteiger partial charge in [-0.3, -0.25) is 4.79 Å². The van der Waals surface area contributed by atoms with E-state index in [0.29, 0.717) is 34.3 Å². The number of benzene rings is 2. The van der Waals surface area contributed by atoms with Gasteiger partial charge in [0.1, 0.15) is 5.76 Å². The molecule has 0 aliphatic heterocycles. The molecule has 0 fully saturated rings. The second-order valence-electron chi connectivity index (χ2n) is 6.85. The summed E-state index contributed by atoms with van der Waals surface area (Å²) < 4.78 is 5.99. The fourth-order valence-corrected chi connectivity index (χ4v) is 3.51. The van der Waals surface area contributed by atoms with Gasteiger partial charge in [-0.2, -0.15) is 0 Å². The molecule has 3 nitrogen and oxygen atoms in total. The van der Waals surface area contributed by atoms with Crippen molar-refractivity contribution in [1.29, 1.82) is 0 Å². The SMILES string of the molecule is Cc1ccccc1C(=O)CCc1nc(-c2ccc(Cl)cc2Cl)oc1C(C)C. The Balaban J connectivity index is 1.86. The Hall–Kier alpha value is -2.10. The molecule has 2 aromatic carbocycles. The predicted octanol–water partition coefficient (Wildman–Crippen LogP) is 6.90. The van der Waals surface area contributed by atoms with Gasteiger partial charge < -0.3 is 4.42 Å². The van der Waals surface area contributed by atoms with Crippen LogP contribution in [0.15, 0.2) is 46.9 Å². The highest BCUT2D eigenvalue weighted by Gasteiger charge is 2.20. The van der Waals surface area contributed by atoms with Crippen molar-refractivity contribution in [3.8, 4) is 11.5 Å². The smallest absolute Gasteiger partial charge is 0.228 e. The summed E-state index contributed by atoms with van der Waals surface area (Å²) in [6.07, 6.45) is 0.903. The summed E-state index contributed by atoms with van der Waals surface area (Å²) >= 11 is 12.3. The standard InChI is InChI=1S/C22H21Cl2NO2/c1-13(2)21-19(10-11-20(26)16-7-5-4-6-14(16)3)25-22(27-21)17-9-8-15(23)12-18(17)24/h4-9,12-13H,10-11H2,1-3H3. The second kappa shape index (κ2) is 8.28. The molecule has 3 rings (SSSR count). The lowest BCUT2D eigenvalue weighted by molar-refractivity contribution is 0.0982. The second-order valence-corrected chi connectivity index (χ2v) is 7.69. The zero-order chi connectivity index (χ0) is 19.6. The number of hydrogen-bond donors (Lipinski definition) is 0. The maximum atomic E-state index is 12.6. The van der Waals surface area contributed by atoms with E-state index in [1.165, 1.54) is 0 Å². The average Bonchev–Trinajstić information content (AvgIpc) is 3.04. The van der Waals surface area contributed by atoms with Gasteiger partial charge in [0.05, 0.1) is 16.3 Å². The van der Waals surface area contributed by atoms with Crippen molar-refractivity contribution in [2.24, 2.45) is 0 Å². The average molecular weight is 402 g/mol. The highest BCUT2D eigenvalue weighted by Crippen LogP contribution is 2.33. The van der Waals surface area contributed by atoms with Gasteiger partial charge in [-0.05, 0) is 30.7 Å². The Labute approximate surface area is 169 Å². The Morgan fingerprint density at radius 2 is 1.89 bits per heavy atom. The number of Topliss-reactive ketones (excluding diaryl/α,β-unsaturated/α-hetero) is 1. The first-order valence-electron chi connectivity index (χ1n) is 8.90. The third-order valence-electron chi connectivity index (χ3n) is 4.45. The van der Waals surface area contributed by atoms with Crippen LogP contribution in [0.25, 0.3) is 11.5 Å². The normalized spacial score (nSPS) is 11.2. The molecule has 0 atom stereocenters. The topological polar surface area (TPSA) is 43.1 Å². The molecular formula is C22H21Cl2NO2. The van der Waals surface area contributed by atoms with Crippen LogP contribution in [0, 0.1) is 6.92 Å². The molecule has 0 aliphatic carbocycles. The van der Waals surface area contributed by atoms with Gasteiger partial charge in [0, 0.05) is 29.3 Å². The summed E-state index contributed by atoms with van der Waals surface area (Å²) in [6.45, 7) is 6.03. The van der Waals surface area contributed by atoms with E-state index >= 15 is 0 Å². The minimum Gasteiger partial charge on any atom is -0.441 e. The van der Waals surface area contributed by atoms with Crippen LogP contribution >= 0.6 is 23.2 Å². The molecule has 1 aromatic heterocycles.